The van der Waals surface area contributed by atoms with Crippen LogP contribution in [0.1, 0.15) is 75.1 Å². The lowest BCUT2D eigenvalue weighted by atomic mass is 9.52. The molecule has 0 aromatic carbocycles. The summed E-state index contributed by atoms with van der Waals surface area (Å²) in [6, 6.07) is 3.84. The van der Waals surface area contributed by atoms with Crippen molar-refractivity contribution in [3.63, 3.8) is 0 Å². The number of aromatic nitrogens is 1. The van der Waals surface area contributed by atoms with E-state index < -0.39 is 5.60 Å². The van der Waals surface area contributed by atoms with Crippen molar-refractivity contribution >= 4 is 17.7 Å². The molecule has 2 heterocycles. The van der Waals surface area contributed by atoms with Crippen molar-refractivity contribution in [2.45, 2.75) is 76.4 Å². The number of hydrogen-bond acceptors (Lipinski definition) is 7. The van der Waals surface area contributed by atoms with E-state index >= 15 is 0 Å². The van der Waals surface area contributed by atoms with E-state index in [1.165, 1.54) is 7.11 Å². The van der Waals surface area contributed by atoms with Crippen LogP contribution in [0.5, 0.6) is 5.88 Å². The molecule has 0 radical (unpaired) electrons. The molecule has 2 N–H and O–H groups in total. The Labute approximate surface area is 207 Å². The van der Waals surface area contributed by atoms with Gasteiger partial charge in [0, 0.05) is 25.6 Å². The van der Waals surface area contributed by atoms with Crippen LogP contribution < -0.4 is 15.0 Å². The molecule has 1 aromatic heterocycles. The summed E-state index contributed by atoms with van der Waals surface area (Å²) in [7, 11) is 1.43. The summed E-state index contributed by atoms with van der Waals surface area (Å²) < 4.78 is 10.8. The first kappa shape index (κ1) is 24.3. The average Bonchev–Trinajstić information content (AvgIpc) is 2.83. The van der Waals surface area contributed by atoms with Crippen molar-refractivity contribution in [3.05, 3.63) is 17.7 Å². The van der Waals surface area contributed by atoms with Crippen LogP contribution in [0.2, 0.25) is 0 Å². The summed E-state index contributed by atoms with van der Waals surface area (Å²) in [5, 5.41) is 14.2. The van der Waals surface area contributed by atoms with Crippen molar-refractivity contribution in [1.29, 1.82) is 0 Å². The molecular weight excluding hydrogens is 446 g/mol. The molecule has 5 fully saturated rings. The summed E-state index contributed by atoms with van der Waals surface area (Å²) >= 11 is 0. The molecule has 3 atom stereocenters. The topological polar surface area (TPSA) is 101 Å². The van der Waals surface area contributed by atoms with Crippen LogP contribution in [0, 0.1) is 23.7 Å². The van der Waals surface area contributed by atoms with E-state index in [0.717, 1.165) is 70.3 Å². The predicted octanol–water partition coefficient (Wildman–Crippen LogP) is 3.32. The molecule has 1 saturated heterocycles. The number of nitrogens with zero attached hydrogens (tertiary/aromatic N) is 2. The largest absolute Gasteiger partial charge is 0.477 e. The molecule has 8 heteroatoms. The van der Waals surface area contributed by atoms with Gasteiger partial charge < -0.3 is 24.8 Å². The van der Waals surface area contributed by atoms with E-state index in [0.29, 0.717) is 42.2 Å². The number of pyridine rings is 1. The highest BCUT2D eigenvalue weighted by atomic mass is 16.5. The maximum atomic E-state index is 13.4. The minimum absolute atomic E-state index is 0.110. The lowest BCUT2D eigenvalue weighted by molar-refractivity contribution is -0.141. The van der Waals surface area contributed by atoms with E-state index in [4.69, 9.17) is 14.5 Å². The van der Waals surface area contributed by atoms with Crippen LogP contribution in [0.3, 0.4) is 0 Å². The fourth-order valence-electron chi connectivity index (χ4n) is 7.29. The van der Waals surface area contributed by atoms with E-state index in [1.54, 1.807) is 0 Å². The standard InChI is InChI=1S/C27H39N3O5/c1-3-9-35-26-21(6-7-22(28-26)30-8-4-5-17(16-30)12-23(31)34-2)25(32)29-24-19-10-18-11-20(24)15-27(33,13-18)14-19/h6-7,17-20,24,33H,3-5,8-16H2,1-2H3,(H,29,32)/t17-,18?,19?,20?,24-,27+/m0/s1. The molecule has 192 valence electrons. The van der Waals surface area contributed by atoms with Crippen molar-refractivity contribution in [2.75, 3.05) is 31.7 Å². The van der Waals surface area contributed by atoms with Gasteiger partial charge in [0.05, 0.1) is 19.3 Å². The van der Waals surface area contributed by atoms with Gasteiger partial charge in [0.1, 0.15) is 11.4 Å². The Morgan fingerprint density at radius 3 is 2.69 bits per heavy atom. The molecule has 1 aromatic rings. The van der Waals surface area contributed by atoms with Crippen LogP contribution in [0.15, 0.2) is 12.1 Å². The minimum atomic E-state index is -0.517. The van der Waals surface area contributed by atoms with Gasteiger partial charge in [-0.3, -0.25) is 9.59 Å². The predicted molar refractivity (Wildman–Crippen MR) is 131 cm³/mol. The van der Waals surface area contributed by atoms with Crippen LogP contribution in [-0.2, 0) is 9.53 Å². The van der Waals surface area contributed by atoms with Crippen LogP contribution in [-0.4, -0.2) is 60.4 Å². The zero-order valence-electron chi connectivity index (χ0n) is 21.0. The Kier molecular flexibility index (Phi) is 6.93. The number of nitrogens with one attached hydrogen (secondary N) is 1. The van der Waals surface area contributed by atoms with Crippen LogP contribution >= 0.6 is 0 Å². The Morgan fingerprint density at radius 1 is 1.23 bits per heavy atom. The fraction of sp³-hybridized carbons (Fsp3) is 0.741. The second-order valence-electron chi connectivity index (χ2n) is 11.3. The third-order valence-electron chi connectivity index (χ3n) is 8.60. The summed E-state index contributed by atoms with van der Waals surface area (Å²) in [5.41, 5.74) is -0.0471. The number of aliphatic hydroxyl groups is 1. The maximum absolute atomic E-state index is 13.4. The van der Waals surface area contributed by atoms with E-state index in [1.807, 2.05) is 19.1 Å². The van der Waals surface area contributed by atoms with Gasteiger partial charge in [-0.05, 0) is 87.2 Å². The highest BCUT2D eigenvalue weighted by Gasteiger charge is 2.55. The third-order valence-corrected chi connectivity index (χ3v) is 8.60. The second-order valence-corrected chi connectivity index (χ2v) is 11.3. The maximum Gasteiger partial charge on any atom is 0.305 e. The van der Waals surface area contributed by atoms with Gasteiger partial charge in [-0.1, -0.05) is 6.92 Å². The van der Waals surface area contributed by atoms with Crippen LogP contribution in [0.25, 0.3) is 0 Å². The van der Waals surface area contributed by atoms with Crippen molar-refractivity contribution in [2.24, 2.45) is 23.7 Å². The molecule has 8 nitrogen and oxygen atoms in total. The number of hydrogen-bond donors (Lipinski definition) is 2. The van der Waals surface area contributed by atoms with Crippen molar-refractivity contribution in [3.8, 4) is 5.88 Å². The van der Waals surface area contributed by atoms with Crippen LogP contribution in [0.4, 0.5) is 5.82 Å². The second kappa shape index (κ2) is 9.96. The number of carbonyl (C=O) groups excluding carboxylic acids is 2. The molecule has 5 aliphatic rings. The van der Waals surface area contributed by atoms with Crippen molar-refractivity contribution in [1.82, 2.24) is 10.3 Å². The Hall–Kier alpha value is -2.35. The fourth-order valence-corrected chi connectivity index (χ4v) is 7.29. The number of amides is 1. The first-order chi connectivity index (χ1) is 16.9. The molecule has 1 amide bonds. The number of esters is 1. The molecule has 1 aliphatic heterocycles. The highest BCUT2D eigenvalue weighted by molar-refractivity contribution is 5.97. The lowest BCUT2D eigenvalue weighted by Crippen LogP contribution is -2.61. The minimum Gasteiger partial charge on any atom is -0.477 e. The van der Waals surface area contributed by atoms with Crippen molar-refractivity contribution < 1.29 is 24.2 Å². The molecular formula is C27H39N3O5. The van der Waals surface area contributed by atoms with Gasteiger partial charge in [-0.2, -0.15) is 4.98 Å². The monoisotopic (exact) mass is 485 g/mol. The normalized spacial score (nSPS) is 33.5. The number of carbonyl (C=O) groups is 2. The summed E-state index contributed by atoms with van der Waals surface area (Å²) in [6.45, 7) is 4.12. The van der Waals surface area contributed by atoms with E-state index in [9.17, 15) is 14.7 Å². The van der Waals surface area contributed by atoms with Gasteiger partial charge in [0.2, 0.25) is 5.88 Å². The first-order valence-corrected chi connectivity index (χ1v) is 13.4. The Bertz CT molecular complexity index is 937. The molecule has 0 spiro atoms. The molecule has 4 aliphatic carbocycles. The number of ether oxygens (including phenoxy) is 2. The number of rotatable bonds is 8. The molecule has 4 bridgehead atoms. The Morgan fingerprint density at radius 2 is 2.00 bits per heavy atom. The molecule has 35 heavy (non-hydrogen) atoms. The molecule has 2 unspecified atom stereocenters. The van der Waals surface area contributed by atoms with E-state index in [-0.39, 0.29) is 23.8 Å². The molecule has 6 rings (SSSR count). The lowest BCUT2D eigenvalue weighted by Gasteiger charge is -2.58. The average molecular weight is 486 g/mol. The zero-order chi connectivity index (χ0) is 24.6. The van der Waals surface area contributed by atoms with Gasteiger partial charge in [0.25, 0.3) is 5.91 Å². The smallest absolute Gasteiger partial charge is 0.305 e. The first-order valence-electron chi connectivity index (χ1n) is 13.4. The Balaban J connectivity index is 1.31. The third kappa shape index (κ3) is 5.13. The number of anilines is 1. The van der Waals surface area contributed by atoms with Gasteiger partial charge in [-0.15, -0.1) is 0 Å². The quantitative estimate of drug-likeness (QED) is 0.545. The summed E-state index contributed by atoms with van der Waals surface area (Å²) in [4.78, 5) is 32.1. The van der Waals surface area contributed by atoms with Gasteiger partial charge in [-0.25, -0.2) is 0 Å². The number of piperidine rings is 1. The summed E-state index contributed by atoms with van der Waals surface area (Å²) in [5.74, 6) is 2.36. The highest BCUT2D eigenvalue weighted by Crippen LogP contribution is 2.55. The zero-order valence-corrected chi connectivity index (χ0v) is 21.0. The van der Waals surface area contributed by atoms with Gasteiger partial charge >= 0.3 is 5.97 Å². The molecule has 4 saturated carbocycles. The number of methoxy groups -OCH3 is 1. The van der Waals surface area contributed by atoms with E-state index in [2.05, 4.69) is 10.2 Å². The summed E-state index contributed by atoms with van der Waals surface area (Å²) in [6.07, 6.45) is 7.92. The SMILES string of the molecule is CCCOc1nc(N2CCC[C@@H](CC(=O)OC)C2)ccc1C(=O)N[C@H]1C2CC3CC1C[C@@](O)(C3)C2. The van der Waals surface area contributed by atoms with Gasteiger partial charge in [0.15, 0.2) is 0 Å².